The number of unbranched alkanes of at least 4 members (excludes halogenated alkanes) is 1. The molecule has 0 bridgehead atoms. The molecule has 84 valence electrons. The van der Waals surface area contributed by atoms with E-state index in [2.05, 4.69) is 16.9 Å². The minimum absolute atomic E-state index is 0.196. The minimum atomic E-state index is 0.196. The first kappa shape index (κ1) is 11.6. The molecule has 0 atom stereocenters. The van der Waals surface area contributed by atoms with E-state index in [9.17, 15) is 0 Å². The molecule has 1 aromatic rings. The Labute approximate surface area is 89.6 Å². The maximum atomic E-state index is 5.48. The lowest BCUT2D eigenvalue weighted by molar-refractivity contribution is 0.264. The van der Waals surface area contributed by atoms with Crippen LogP contribution in [0.25, 0.3) is 0 Å². The van der Waals surface area contributed by atoms with Crippen molar-refractivity contribution in [2.75, 3.05) is 18.9 Å². The fraction of sp³-hybridized carbons (Fsp3) is 0.600. The third-order valence-electron chi connectivity index (χ3n) is 1.78. The van der Waals surface area contributed by atoms with Gasteiger partial charge in [-0.25, -0.2) is 4.98 Å². The second-order valence-electron chi connectivity index (χ2n) is 3.03. The van der Waals surface area contributed by atoms with Crippen molar-refractivity contribution in [3.05, 3.63) is 6.20 Å². The SMILES string of the molecule is CCCCOc1cnc(N)nc1OCC. The number of hydrogen-bond donors (Lipinski definition) is 1. The lowest BCUT2D eigenvalue weighted by atomic mass is 10.4. The largest absolute Gasteiger partial charge is 0.487 e. The molecule has 0 aliphatic rings. The van der Waals surface area contributed by atoms with Gasteiger partial charge in [0, 0.05) is 0 Å². The molecule has 0 aliphatic heterocycles. The predicted octanol–water partition coefficient (Wildman–Crippen LogP) is 1.64. The molecule has 0 amide bonds. The highest BCUT2D eigenvalue weighted by molar-refractivity contribution is 5.35. The average molecular weight is 211 g/mol. The van der Waals surface area contributed by atoms with E-state index in [0.717, 1.165) is 12.8 Å². The number of nitrogen functional groups attached to an aromatic ring is 1. The Morgan fingerprint density at radius 1 is 1.33 bits per heavy atom. The zero-order chi connectivity index (χ0) is 11.1. The van der Waals surface area contributed by atoms with Crippen molar-refractivity contribution in [2.45, 2.75) is 26.7 Å². The zero-order valence-corrected chi connectivity index (χ0v) is 9.19. The molecule has 0 aromatic carbocycles. The van der Waals surface area contributed by atoms with Crippen LogP contribution in [0.1, 0.15) is 26.7 Å². The molecule has 5 heteroatoms. The van der Waals surface area contributed by atoms with Gasteiger partial charge in [-0.1, -0.05) is 13.3 Å². The van der Waals surface area contributed by atoms with Crippen molar-refractivity contribution >= 4 is 5.95 Å². The number of anilines is 1. The standard InChI is InChI=1S/C10H17N3O2/c1-3-5-6-15-8-7-12-10(11)13-9(8)14-4-2/h7H,3-6H2,1-2H3,(H2,11,12,13). The first-order valence-electron chi connectivity index (χ1n) is 5.16. The van der Waals surface area contributed by atoms with E-state index in [1.54, 1.807) is 6.20 Å². The Morgan fingerprint density at radius 2 is 2.13 bits per heavy atom. The molecule has 0 fully saturated rings. The number of nitrogens with two attached hydrogens (primary N) is 1. The fourth-order valence-corrected chi connectivity index (χ4v) is 1.03. The van der Waals surface area contributed by atoms with Crippen molar-refractivity contribution < 1.29 is 9.47 Å². The van der Waals surface area contributed by atoms with Crippen LogP contribution in [-0.4, -0.2) is 23.2 Å². The van der Waals surface area contributed by atoms with Crippen molar-refractivity contribution in [3.8, 4) is 11.6 Å². The maximum absolute atomic E-state index is 5.48. The molecule has 1 rings (SSSR count). The van der Waals surface area contributed by atoms with E-state index >= 15 is 0 Å². The highest BCUT2D eigenvalue weighted by atomic mass is 16.5. The third-order valence-corrected chi connectivity index (χ3v) is 1.78. The predicted molar refractivity (Wildman–Crippen MR) is 58.0 cm³/mol. The second kappa shape index (κ2) is 6.06. The molecular formula is C10H17N3O2. The molecule has 2 N–H and O–H groups in total. The van der Waals surface area contributed by atoms with Crippen LogP contribution in [0.2, 0.25) is 0 Å². The van der Waals surface area contributed by atoms with Gasteiger partial charge in [0.2, 0.25) is 5.95 Å². The van der Waals surface area contributed by atoms with Crippen LogP contribution >= 0.6 is 0 Å². The van der Waals surface area contributed by atoms with Crippen LogP contribution in [0.5, 0.6) is 11.6 Å². The van der Waals surface area contributed by atoms with E-state index in [4.69, 9.17) is 15.2 Å². The molecule has 1 heterocycles. The Balaban J connectivity index is 2.67. The number of nitrogens with zero attached hydrogens (tertiary/aromatic N) is 2. The van der Waals surface area contributed by atoms with Gasteiger partial charge in [0.05, 0.1) is 19.4 Å². The summed E-state index contributed by atoms with van der Waals surface area (Å²) in [5, 5.41) is 0. The molecule has 15 heavy (non-hydrogen) atoms. The van der Waals surface area contributed by atoms with Gasteiger partial charge in [-0.3, -0.25) is 0 Å². The smallest absolute Gasteiger partial charge is 0.261 e. The van der Waals surface area contributed by atoms with Crippen molar-refractivity contribution in [3.63, 3.8) is 0 Å². The second-order valence-corrected chi connectivity index (χ2v) is 3.03. The number of rotatable bonds is 6. The molecule has 1 aromatic heterocycles. The van der Waals surface area contributed by atoms with Gasteiger partial charge in [-0.15, -0.1) is 0 Å². The normalized spacial score (nSPS) is 10.0. The fourth-order valence-electron chi connectivity index (χ4n) is 1.03. The van der Waals surface area contributed by atoms with E-state index in [1.165, 1.54) is 0 Å². The summed E-state index contributed by atoms with van der Waals surface area (Å²) in [6.45, 7) is 5.16. The average Bonchev–Trinajstić information content (AvgIpc) is 2.22. The summed E-state index contributed by atoms with van der Waals surface area (Å²) in [6, 6.07) is 0. The molecule has 5 nitrogen and oxygen atoms in total. The summed E-state index contributed by atoms with van der Waals surface area (Å²) in [7, 11) is 0. The molecule has 0 radical (unpaired) electrons. The number of aromatic nitrogens is 2. The first-order valence-corrected chi connectivity index (χ1v) is 5.16. The van der Waals surface area contributed by atoms with Gasteiger partial charge in [0.25, 0.3) is 5.88 Å². The monoisotopic (exact) mass is 211 g/mol. The molecule has 0 spiro atoms. The van der Waals surface area contributed by atoms with E-state index in [1.807, 2.05) is 6.92 Å². The molecule has 0 saturated heterocycles. The van der Waals surface area contributed by atoms with Gasteiger partial charge >= 0.3 is 0 Å². The Morgan fingerprint density at radius 3 is 2.80 bits per heavy atom. The summed E-state index contributed by atoms with van der Waals surface area (Å²) in [5.74, 6) is 1.17. The van der Waals surface area contributed by atoms with E-state index < -0.39 is 0 Å². The van der Waals surface area contributed by atoms with Gasteiger partial charge in [-0.05, 0) is 13.3 Å². The topological polar surface area (TPSA) is 70.3 Å². The van der Waals surface area contributed by atoms with Crippen LogP contribution in [0.15, 0.2) is 6.20 Å². The van der Waals surface area contributed by atoms with Crippen LogP contribution in [0.4, 0.5) is 5.95 Å². The van der Waals surface area contributed by atoms with Crippen LogP contribution in [0.3, 0.4) is 0 Å². The van der Waals surface area contributed by atoms with Gasteiger partial charge in [-0.2, -0.15) is 4.98 Å². The first-order chi connectivity index (χ1) is 7.27. The van der Waals surface area contributed by atoms with Gasteiger partial charge in [0.1, 0.15) is 0 Å². The number of hydrogen-bond acceptors (Lipinski definition) is 5. The third kappa shape index (κ3) is 3.61. The Bertz CT molecular complexity index is 305. The van der Waals surface area contributed by atoms with Crippen LogP contribution < -0.4 is 15.2 Å². The highest BCUT2D eigenvalue weighted by Crippen LogP contribution is 2.24. The maximum Gasteiger partial charge on any atom is 0.261 e. The summed E-state index contributed by atoms with van der Waals surface area (Å²) in [5.41, 5.74) is 5.45. The molecule has 0 saturated carbocycles. The summed E-state index contributed by atoms with van der Waals surface area (Å²) in [6.07, 6.45) is 3.62. The van der Waals surface area contributed by atoms with Crippen molar-refractivity contribution in [1.82, 2.24) is 9.97 Å². The Kier molecular flexibility index (Phi) is 4.66. The minimum Gasteiger partial charge on any atom is -0.487 e. The summed E-state index contributed by atoms with van der Waals surface area (Å²) >= 11 is 0. The van der Waals surface area contributed by atoms with Crippen LogP contribution in [-0.2, 0) is 0 Å². The quantitative estimate of drug-likeness (QED) is 0.724. The highest BCUT2D eigenvalue weighted by Gasteiger charge is 2.07. The summed E-state index contributed by atoms with van der Waals surface area (Å²) < 4.78 is 10.8. The van der Waals surface area contributed by atoms with Crippen molar-refractivity contribution in [1.29, 1.82) is 0 Å². The lowest BCUT2D eigenvalue weighted by Gasteiger charge is -2.09. The van der Waals surface area contributed by atoms with Crippen LogP contribution in [0, 0.1) is 0 Å². The Hall–Kier alpha value is -1.52. The molecular weight excluding hydrogens is 194 g/mol. The van der Waals surface area contributed by atoms with E-state index in [0.29, 0.717) is 24.8 Å². The van der Waals surface area contributed by atoms with Crippen molar-refractivity contribution in [2.24, 2.45) is 0 Å². The zero-order valence-electron chi connectivity index (χ0n) is 9.19. The summed E-state index contributed by atoms with van der Waals surface area (Å²) in [4.78, 5) is 7.82. The molecule has 0 unspecified atom stereocenters. The van der Waals surface area contributed by atoms with Gasteiger partial charge in [0.15, 0.2) is 5.75 Å². The van der Waals surface area contributed by atoms with Gasteiger partial charge < -0.3 is 15.2 Å². The van der Waals surface area contributed by atoms with E-state index in [-0.39, 0.29) is 5.95 Å². The molecule has 0 aliphatic carbocycles. The number of ether oxygens (including phenoxy) is 2. The lowest BCUT2D eigenvalue weighted by Crippen LogP contribution is -2.05.